The molecule has 2 rings (SSSR count). The van der Waals surface area contributed by atoms with E-state index in [0.29, 0.717) is 11.1 Å². The summed E-state index contributed by atoms with van der Waals surface area (Å²) in [4.78, 5) is 8.44. The minimum atomic E-state index is -0.322. The molecule has 3 nitrogen and oxygen atoms in total. The molecule has 0 bridgehead atoms. The summed E-state index contributed by atoms with van der Waals surface area (Å²) in [5.74, 6) is 5.05. The van der Waals surface area contributed by atoms with Crippen molar-refractivity contribution in [2.24, 2.45) is 5.90 Å². The highest BCUT2D eigenvalue weighted by atomic mass is 19.1. The quantitative estimate of drug-likeness (QED) is 0.733. The molecule has 15 heavy (non-hydrogen) atoms. The van der Waals surface area contributed by atoms with Gasteiger partial charge in [-0.2, -0.15) is 5.90 Å². The number of nitrogens with zero attached hydrogens (tertiary/aromatic N) is 1. The SMILES string of the molecule is CC.NOc1cncc2ccc(F)cc12. The van der Waals surface area contributed by atoms with E-state index in [4.69, 9.17) is 5.90 Å². The zero-order valence-corrected chi connectivity index (χ0v) is 8.70. The van der Waals surface area contributed by atoms with E-state index in [2.05, 4.69) is 9.82 Å². The predicted octanol–water partition coefficient (Wildman–Crippen LogP) is 2.65. The van der Waals surface area contributed by atoms with Crippen LogP contribution >= 0.6 is 0 Å². The predicted molar refractivity (Wildman–Crippen MR) is 57.9 cm³/mol. The Hall–Kier alpha value is -1.68. The van der Waals surface area contributed by atoms with Crippen LogP contribution in [-0.2, 0) is 0 Å². The topological polar surface area (TPSA) is 48.1 Å². The number of hydrogen-bond acceptors (Lipinski definition) is 3. The van der Waals surface area contributed by atoms with Crippen molar-refractivity contribution >= 4 is 10.8 Å². The van der Waals surface area contributed by atoms with Gasteiger partial charge in [0.15, 0.2) is 5.75 Å². The molecule has 0 fully saturated rings. The van der Waals surface area contributed by atoms with Crippen LogP contribution in [0.15, 0.2) is 30.6 Å². The summed E-state index contributed by atoms with van der Waals surface area (Å²) in [5.41, 5.74) is 0. The summed E-state index contributed by atoms with van der Waals surface area (Å²) in [6.07, 6.45) is 3.07. The number of fused-ring (bicyclic) bond motifs is 1. The van der Waals surface area contributed by atoms with Crippen LogP contribution in [0.4, 0.5) is 4.39 Å². The molecule has 2 aromatic rings. The molecule has 80 valence electrons. The first-order valence-electron chi connectivity index (χ1n) is 4.71. The van der Waals surface area contributed by atoms with E-state index < -0.39 is 0 Å². The van der Waals surface area contributed by atoms with Crippen molar-refractivity contribution in [2.45, 2.75) is 13.8 Å². The lowest BCUT2D eigenvalue weighted by molar-refractivity contribution is 0.337. The lowest BCUT2D eigenvalue weighted by Crippen LogP contribution is -2.02. The van der Waals surface area contributed by atoms with E-state index in [1.807, 2.05) is 13.8 Å². The van der Waals surface area contributed by atoms with Gasteiger partial charge in [-0.25, -0.2) is 4.39 Å². The number of benzene rings is 1. The van der Waals surface area contributed by atoms with E-state index in [0.717, 1.165) is 5.39 Å². The molecular formula is C11H13FN2O. The van der Waals surface area contributed by atoms with Crippen LogP contribution in [0, 0.1) is 5.82 Å². The van der Waals surface area contributed by atoms with Crippen molar-refractivity contribution in [3.8, 4) is 5.75 Å². The smallest absolute Gasteiger partial charge is 0.172 e. The Balaban J connectivity index is 0.000000531. The summed E-state index contributed by atoms with van der Waals surface area (Å²) in [5, 5.41) is 1.42. The van der Waals surface area contributed by atoms with Gasteiger partial charge < -0.3 is 4.84 Å². The summed E-state index contributed by atoms with van der Waals surface area (Å²) < 4.78 is 12.8. The van der Waals surface area contributed by atoms with Crippen molar-refractivity contribution in [1.82, 2.24) is 4.98 Å². The maximum absolute atomic E-state index is 12.8. The van der Waals surface area contributed by atoms with Gasteiger partial charge in [0.25, 0.3) is 0 Å². The lowest BCUT2D eigenvalue weighted by Gasteiger charge is -2.02. The first-order valence-corrected chi connectivity index (χ1v) is 4.71. The number of nitrogens with two attached hydrogens (primary N) is 1. The molecule has 0 atom stereocenters. The molecule has 1 aromatic heterocycles. The van der Waals surface area contributed by atoms with Crippen LogP contribution in [0.25, 0.3) is 10.8 Å². The van der Waals surface area contributed by atoms with E-state index in [1.54, 1.807) is 12.3 Å². The zero-order chi connectivity index (χ0) is 11.3. The average molecular weight is 208 g/mol. The molecule has 0 unspecified atom stereocenters. The van der Waals surface area contributed by atoms with Crippen molar-refractivity contribution in [1.29, 1.82) is 0 Å². The third-order valence-electron chi connectivity index (χ3n) is 1.81. The second kappa shape index (κ2) is 5.26. The highest BCUT2D eigenvalue weighted by molar-refractivity contribution is 5.87. The van der Waals surface area contributed by atoms with E-state index in [1.165, 1.54) is 18.3 Å². The largest absolute Gasteiger partial charge is 0.409 e. The summed E-state index contributed by atoms with van der Waals surface area (Å²) in [7, 11) is 0. The zero-order valence-electron chi connectivity index (χ0n) is 8.70. The van der Waals surface area contributed by atoms with E-state index in [9.17, 15) is 4.39 Å². The van der Waals surface area contributed by atoms with Crippen molar-refractivity contribution in [3.05, 3.63) is 36.4 Å². The third kappa shape index (κ3) is 2.41. The number of rotatable bonds is 1. The van der Waals surface area contributed by atoms with Crippen LogP contribution < -0.4 is 10.7 Å². The Morgan fingerprint density at radius 1 is 1.27 bits per heavy atom. The van der Waals surface area contributed by atoms with Gasteiger partial charge in [0.2, 0.25) is 0 Å². The van der Waals surface area contributed by atoms with Gasteiger partial charge in [-0.05, 0) is 18.2 Å². The Morgan fingerprint density at radius 3 is 2.67 bits per heavy atom. The molecule has 0 aliphatic rings. The van der Waals surface area contributed by atoms with E-state index >= 15 is 0 Å². The molecule has 1 heterocycles. The van der Waals surface area contributed by atoms with Crippen molar-refractivity contribution in [2.75, 3.05) is 0 Å². The summed E-state index contributed by atoms with van der Waals surface area (Å²) >= 11 is 0. The Labute approximate surface area is 87.6 Å². The Kier molecular flexibility index (Phi) is 4.00. The number of aromatic nitrogens is 1. The lowest BCUT2D eigenvalue weighted by atomic mass is 10.1. The molecule has 0 amide bonds. The minimum Gasteiger partial charge on any atom is -0.409 e. The van der Waals surface area contributed by atoms with Gasteiger partial charge >= 0.3 is 0 Å². The van der Waals surface area contributed by atoms with Gasteiger partial charge in [0, 0.05) is 17.0 Å². The van der Waals surface area contributed by atoms with Crippen molar-refractivity contribution < 1.29 is 9.23 Å². The number of pyridine rings is 1. The highest BCUT2D eigenvalue weighted by Crippen LogP contribution is 2.23. The molecule has 0 radical (unpaired) electrons. The minimum absolute atomic E-state index is 0.322. The number of hydrogen-bond donors (Lipinski definition) is 1. The molecule has 0 saturated heterocycles. The van der Waals surface area contributed by atoms with Crippen LogP contribution in [0.1, 0.15) is 13.8 Å². The van der Waals surface area contributed by atoms with Crippen LogP contribution in [0.5, 0.6) is 5.75 Å². The molecule has 0 saturated carbocycles. The maximum Gasteiger partial charge on any atom is 0.172 e. The second-order valence-corrected chi connectivity index (χ2v) is 2.62. The van der Waals surface area contributed by atoms with Gasteiger partial charge in [0.05, 0.1) is 6.20 Å². The first kappa shape index (κ1) is 11.4. The van der Waals surface area contributed by atoms with Gasteiger partial charge in [-0.1, -0.05) is 13.8 Å². The van der Waals surface area contributed by atoms with E-state index in [-0.39, 0.29) is 5.82 Å². The van der Waals surface area contributed by atoms with Crippen LogP contribution in [-0.4, -0.2) is 4.98 Å². The average Bonchev–Trinajstić information content (AvgIpc) is 2.31. The maximum atomic E-state index is 12.8. The van der Waals surface area contributed by atoms with Crippen LogP contribution in [0.2, 0.25) is 0 Å². The standard InChI is InChI=1S/C9H7FN2O.C2H6/c10-7-2-1-6-4-12-5-9(13-11)8(6)3-7;1-2/h1-5H,11H2;1-2H3. The Morgan fingerprint density at radius 2 is 2.00 bits per heavy atom. The highest BCUT2D eigenvalue weighted by Gasteiger charge is 2.02. The molecular weight excluding hydrogens is 195 g/mol. The van der Waals surface area contributed by atoms with Crippen LogP contribution in [0.3, 0.4) is 0 Å². The first-order chi connectivity index (χ1) is 7.31. The Bertz CT molecular complexity index is 446. The molecule has 0 aliphatic heterocycles. The monoisotopic (exact) mass is 208 g/mol. The molecule has 4 heteroatoms. The molecule has 2 N–H and O–H groups in total. The fraction of sp³-hybridized carbons (Fsp3) is 0.182. The van der Waals surface area contributed by atoms with Gasteiger partial charge in [-0.3, -0.25) is 4.98 Å². The third-order valence-corrected chi connectivity index (χ3v) is 1.81. The number of halogens is 1. The molecule has 0 aliphatic carbocycles. The normalized spacial score (nSPS) is 9.33. The molecule has 0 spiro atoms. The van der Waals surface area contributed by atoms with Gasteiger partial charge in [-0.15, -0.1) is 0 Å². The fourth-order valence-electron chi connectivity index (χ4n) is 1.20. The molecule has 1 aromatic carbocycles. The van der Waals surface area contributed by atoms with Crippen molar-refractivity contribution in [3.63, 3.8) is 0 Å². The summed E-state index contributed by atoms with van der Waals surface area (Å²) in [6, 6.07) is 4.35. The summed E-state index contributed by atoms with van der Waals surface area (Å²) in [6.45, 7) is 4.00. The van der Waals surface area contributed by atoms with Gasteiger partial charge in [0.1, 0.15) is 5.82 Å². The fourth-order valence-corrected chi connectivity index (χ4v) is 1.20. The second-order valence-electron chi connectivity index (χ2n) is 2.62.